The van der Waals surface area contributed by atoms with Crippen LogP contribution in [0.25, 0.3) is 17.0 Å². The number of fused-ring (bicyclic) bond motifs is 1. The molecule has 0 amide bonds. The van der Waals surface area contributed by atoms with Gasteiger partial charge >= 0.3 is 0 Å². The number of rotatable bonds is 4. The zero-order chi connectivity index (χ0) is 18.2. The van der Waals surface area contributed by atoms with Crippen molar-refractivity contribution in [3.05, 3.63) is 60.7 Å². The molecule has 0 aliphatic carbocycles. The Hall–Kier alpha value is -3.22. The van der Waals surface area contributed by atoms with Gasteiger partial charge in [0, 0.05) is 38.0 Å². The van der Waals surface area contributed by atoms with E-state index in [1.54, 1.807) is 6.33 Å². The van der Waals surface area contributed by atoms with Crippen LogP contribution in [0.3, 0.4) is 0 Å². The summed E-state index contributed by atoms with van der Waals surface area (Å²) in [4.78, 5) is 11.4. The first-order valence-corrected chi connectivity index (χ1v) is 9.25. The first kappa shape index (κ1) is 16.0. The van der Waals surface area contributed by atoms with Crippen molar-refractivity contribution in [2.24, 2.45) is 13.0 Å². The van der Waals surface area contributed by atoms with Crippen LogP contribution in [-0.4, -0.2) is 42.5 Å². The molecule has 0 spiro atoms. The second-order valence-corrected chi connectivity index (χ2v) is 7.16. The third kappa shape index (κ3) is 3.05. The molecule has 1 saturated heterocycles. The highest BCUT2D eigenvalue weighted by molar-refractivity contribution is 5.65. The van der Waals surface area contributed by atoms with Gasteiger partial charge in [-0.25, -0.2) is 4.98 Å². The average molecular weight is 359 g/mol. The van der Waals surface area contributed by atoms with Gasteiger partial charge in [-0.1, -0.05) is 30.3 Å². The van der Waals surface area contributed by atoms with E-state index in [1.165, 1.54) is 5.56 Å². The standard InChI is InChI=1S/C20H21N7/c1-25-12-16(11-22-25)9-15-7-8-26(13-15)19-10-18(17-5-3-2-4-6-17)24-20-21-14-23-27(19)20/h2-6,10-12,14-15H,7-9,13H2,1H3. The Balaban J connectivity index is 1.45. The Morgan fingerprint density at radius 2 is 2.04 bits per heavy atom. The summed E-state index contributed by atoms with van der Waals surface area (Å²) in [5, 5.41) is 8.69. The van der Waals surface area contributed by atoms with E-state index in [2.05, 4.69) is 49.5 Å². The number of anilines is 1. The second-order valence-electron chi connectivity index (χ2n) is 7.16. The third-order valence-corrected chi connectivity index (χ3v) is 5.20. The Labute approximate surface area is 157 Å². The first-order valence-electron chi connectivity index (χ1n) is 9.25. The van der Waals surface area contributed by atoms with Gasteiger partial charge in [-0.05, 0) is 24.3 Å². The van der Waals surface area contributed by atoms with Crippen LogP contribution in [0.2, 0.25) is 0 Å². The number of aryl methyl sites for hydroxylation is 1. The Morgan fingerprint density at radius 1 is 1.15 bits per heavy atom. The van der Waals surface area contributed by atoms with Crippen molar-refractivity contribution in [3.8, 4) is 11.3 Å². The smallest absolute Gasteiger partial charge is 0.254 e. The largest absolute Gasteiger partial charge is 0.356 e. The number of benzene rings is 1. The number of nitrogens with zero attached hydrogens (tertiary/aromatic N) is 7. The summed E-state index contributed by atoms with van der Waals surface area (Å²) < 4.78 is 3.72. The molecule has 136 valence electrons. The van der Waals surface area contributed by atoms with E-state index in [9.17, 15) is 0 Å². The molecule has 0 bridgehead atoms. The quantitative estimate of drug-likeness (QED) is 0.560. The second kappa shape index (κ2) is 6.50. The number of aromatic nitrogens is 6. The van der Waals surface area contributed by atoms with Gasteiger partial charge in [0.2, 0.25) is 0 Å². The summed E-state index contributed by atoms with van der Waals surface area (Å²) in [6, 6.07) is 12.4. The molecule has 0 saturated carbocycles. The van der Waals surface area contributed by atoms with Gasteiger partial charge in [-0.2, -0.15) is 19.7 Å². The minimum atomic E-state index is 0.612. The van der Waals surface area contributed by atoms with E-state index in [4.69, 9.17) is 0 Å². The van der Waals surface area contributed by atoms with Crippen molar-refractivity contribution >= 4 is 11.6 Å². The fraction of sp³-hybridized carbons (Fsp3) is 0.300. The minimum Gasteiger partial charge on any atom is -0.356 e. The fourth-order valence-electron chi connectivity index (χ4n) is 3.90. The molecule has 1 aliphatic rings. The van der Waals surface area contributed by atoms with Crippen LogP contribution in [0.1, 0.15) is 12.0 Å². The van der Waals surface area contributed by atoms with Crippen molar-refractivity contribution in [1.29, 1.82) is 0 Å². The lowest BCUT2D eigenvalue weighted by atomic mass is 10.0. The van der Waals surface area contributed by atoms with E-state index in [0.29, 0.717) is 11.7 Å². The molecular formula is C20H21N7. The van der Waals surface area contributed by atoms with Crippen LogP contribution in [0.15, 0.2) is 55.1 Å². The normalized spacial score (nSPS) is 17.1. The predicted molar refractivity (Wildman–Crippen MR) is 103 cm³/mol. The lowest BCUT2D eigenvalue weighted by Gasteiger charge is -2.20. The molecule has 7 heteroatoms. The van der Waals surface area contributed by atoms with Crippen LogP contribution in [0.5, 0.6) is 0 Å². The summed E-state index contributed by atoms with van der Waals surface area (Å²) in [5.74, 6) is 2.31. The van der Waals surface area contributed by atoms with E-state index in [0.717, 1.165) is 43.0 Å². The topological polar surface area (TPSA) is 64.1 Å². The van der Waals surface area contributed by atoms with Crippen LogP contribution in [0.4, 0.5) is 5.82 Å². The molecular weight excluding hydrogens is 338 g/mol. The van der Waals surface area contributed by atoms with E-state index >= 15 is 0 Å². The monoisotopic (exact) mass is 359 g/mol. The van der Waals surface area contributed by atoms with Gasteiger partial charge < -0.3 is 4.90 Å². The highest BCUT2D eigenvalue weighted by Gasteiger charge is 2.26. The van der Waals surface area contributed by atoms with Gasteiger partial charge in [0.25, 0.3) is 5.78 Å². The SMILES string of the molecule is Cn1cc(CC2CCN(c3cc(-c4ccccc4)nc4ncnn34)C2)cn1. The third-order valence-electron chi connectivity index (χ3n) is 5.20. The zero-order valence-electron chi connectivity index (χ0n) is 15.2. The molecule has 1 aliphatic heterocycles. The van der Waals surface area contributed by atoms with Gasteiger partial charge in [-0.3, -0.25) is 4.68 Å². The number of hydrogen-bond acceptors (Lipinski definition) is 5. The summed E-state index contributed by atoms with van der Waals surface area (Å²) in [6.45, 7) is 2.01. The Kier molecular flexibility index (Phi) is 3.85. The highest BCUT2D eigenvalue weighted by Crippen LogP contribution is 2.29. The van der Waals surface area contributed by atoms with Crippen LogP contribution in [0, 0.1) is 5.92 Å². The van der Waals surface area contributed by atoms with Crippen molar-refractivity contribution in [2.75, 3.05) is 18.0 Å². The average Bonchev–Trinajstić information content (AvgIpc) is 3.43. The molecule has 5 rings (SSSR count). The van der Waals surface area contributed by atoms with Crippen molar-refractivity contribution in [2.45, 2.75) is 12.8 Å². The van der Waals surface area contributed by atoms with Gasteiger partial charge in [0.05, 0.1) is 11.9 Å². The van der Waals surface area contributed by atoms with Gasteiger partial charge in [0.1, 0.15) is 12.1 Å². The maximum absolute atomic E-state index is 4.68. The van der Waals surface area contributed by atoms with Gasteiger partial charge in [-0.15, -0.1) is 0 Å². The molecule has 7 nitrogen and oxygen atoms in total. The van der Waals surface area contributed by atoms with E-state index in [1.807, 2.05) is 40.6 Å². The maximum Gasteiger partial charge on any atom is 0.254 e. The van der Waals surface area contributed by atoms with Crippen molar-refractivity contribution < 1.29 is 0 Å². The molecule has 4 heterocycles. The molecule has 3 aromatic heterocycles. The molecule has 0 radical (unpaired) electrons. The lowest BCUT2D eigenvalue weighted by Crippen LogP contribution is -2.23. The molecule has 0 N–H and O–H groups in total. The predicted octanol–water partition coefficient (Wildman–Crippen LogP) is 2.59. The van der Waals surface area contributed by atoms with E-state index in [-0.39, 0.29) is 0 Å². The Bertz CT molecular complexity index is 1070. The van der Waals surface area contributed by atoms with Crippen LogP contribution >= 0.6 is 0 Å². The number of hydrogen-bond donors (Lipinski definition) is 0. The summed E-state index contributed by atoms with van der Waals surface area (Å²) in [7, 11) is 1.97. The molecule has 1 aromatic carbocycles. The summed E-state index contributed by atoms with van der Waals surface area (Å²) >= 11 is 0. The summed E-state index contributed by atoms with van der Waals surface area (Å²) in [5.41, 5.74) is 3.33. The summed E-state index contributed by atoms with van der Waals surface area (Å²) in [6.07, 6.45) is 7.87. The lowest BCUT2D eigenvalue weighted by molar-refractivity contribution is 0.585. The van der Waals surface area contributed by atoms with Crippen LogP contribution < -0.4 is 4.90 Å². The fourth-order valence-corrected chi connectivity index (χ4v) is 3.90. The van der Waals surface area contributed by atoms with Crippen molar-refractivity contribution in [1.82, 2.24) is 29.4 Å². The molecule has 4 aromatic rings. The molecule has 1 unspecified atom stereocenters. The molecule has 27 heavy (non-hydrogen) atoms. The van der Waals surface area contributed by atoms with Crippen LogP contribution in [-0.2, 0) is 13.5 Å². The maximum atomic E-state index is 4.68. The molecule has 1 fully saturated rings. The minimum absolute atomic E-state index is 0.612. The molecule has 1 atom stereocenters. The van der Waals surface area contributed by atoms with E-state index < -0.39 is 0 Å². The first-order chi connectivity index (χ1) is 13.3. The highest BCUT2D eigenvalue weighted by atomic mass is 15.4. The van der Waals surface area contributed by atoms with Crippen molar-refractivity contribution in [3.63, 3.8) is 0 Å². The zero-order valence-corrected chi connectivity index (χ0v) is 15.2. The van der Waals surface area contributed by atoms with Gasteiger partial charge in [0.15, 0.2) is 0 Å². The Morgan fingerprint density at radius 3 is 2.85 bits per heavy atom.